The molecule has 4 heteroatoms. The summed E-state index contributed by atoms with van der Waals surface area (Å²) >= 11 is 0. The van der Waals surface area contributed by atoms with E-state index in [1.807, 2.05) is 4.90 Å². The van der Waals surface area contributed by atoms with Gasteiger partial charge < -0.3 is 10.2 Å². The molecule has 0 aromatic rings. The van der Waals surface area contributed by atoms with Crippen molar-refractivity contribution in [3.8, 4) is 0 Å². The van der Waals surface area contributed by atoms with Crippen molar-refractivity contribution in [3.63, 3.8) is 0 Å². The SMILES string of the molecule is O=C1CN2CNCC2=CN1. The van der Waals surface area contributed by atoms with Crippen molar-refractivity contribution in [3.05, 3.63) is 11.9 Å². The molecular formula is C6H9N3O. The predicted octanol–water partition coefficient (Wildman–Crippen LogP) is -1.18. The third-order valence-corrected chi connectivity index (χ3v) is 1.75. The van der Waals surface area contributed by atoms with Gasteiger partial charge in [0, 0.05) is 18.4 Å². The monoisotopic (exact) mass is 139 g/mol. The van der Waals surface area contributed by atoms with Gasteiger partial charge in [-0.05, 0) is 0 Å². The van der Waals surface area contributed by atoms with E-state index in [4.69, 9.17) is 0 Å². The highest BCUT2D eigenvalue weighted by Gasteiger charge is 2.21. The molecule has 2 aliphatic rings. The summed E-state index contributed by atoms with van der Waals surface area (Å²) in [7, 11) is 0. The van der Waals surface area contributed by atoms with Crippen LogP contribution in [0, 0.1) is 0 Å². The molecule has 0 bridgehead atoms. The van der Waals surface area contributed by atoms with Gasteiger partial charge in [-0.2, -0.15) is 0 Å². The second kappa shape index (κ2) is 1.98. The molecule has 1 fully saturated rings. The number of hydrogen-bond acceptors (Lipinski definition) is 3. The molecule has 0 atom stereocenters. The molecule has 4 nitrogen and oxygen atoms in total. The Labute approximate surface area is 58.9 Å². The molecule has 0 spiro atoms. The van der Waals surface area contributed by atoms with E-state index in [1.165, 1.54) is 5.70 Å². The van der Waals surface area contributed by atoms with Crippen molar-refractivity contribution in [1.82, 2.24) is 15.5 Å². The Morgan fingerprint density at radius 1 is 1.60 bits per heavy atom. The number of fused-ring (bicyclic) bond motifs is 1. The normalized spacial score (nSPS) is 23.8. The van der Waals surface area contributed by atoms with Crippen LogP contribution in [0.1, 0.15) is 0 Å². The number of carbonyl (C=O) groups is 1. The molecule has 54 valence electrons. The molecule has 0 aromatic carbocycles. The summed E-state index contributed by atoms with van der Waals surface area (Å²) in [5.41, 5.74) is 1.18. The summed E-state index contributed by atoms with van der Waals surface area (Å²) in [6.45, 7) is 2.18. The average molecular weight is 139 g/mol. The van der Waals surface area contributed by atoms with Crippen LogP contribution in [-0.4, -0.2) is 30.6 Å². The van der Waals surface area contributed by atoms with Crippen LogP contribution < -0.4 is 10.6 Å². The van der Waals surface area contributed by atoms with Crippen molar-refractivity contribution in [2.75, 3.05) is 19.8 Å². The number of carbonyl (C=O) groups excluding carboxylic acids is 1. The van der Waals surface area contributed by atoms with Crippen molar-refractivity contribution >= 4 is 5.91 Å². The fourth-order valence-corrected chi connectivity index (χ4v) is 1.21. The minimum Gasteiger partial charge on any atom is -0.350 e. The molecule has 2 N–H and O–H groups in total. The van der Waals surface area contributed by atoms with Crippen LogP contribution >= 0.6 is 0 Å². The first-order chi connectivity index (χ1) is 4.86. The van der Waals surface area contributed by atoms with E-state index in [2.05, 4.69) is 10.6 Å². The Morgan fingerprint density at radius 3 is 3.40 bits per heavy atom. The van der Waals surface area contributed by atoms with Crippen LogP contribution in [0.15, 0.2) is 11.9 Å². The summed E-state index contributed by atoms with van der Waals surface area (Å²) < 4.78 is 0. The van der Waals surface area contributed by atoms with E-state index < -0.39 is 0 Å². The number of nitrogens with zero attached hydrogens (tertiary/aromatic N) is 1. The molecular weight excluding hydrogens is 130 g/mol. The third kappa shape index (κ3) is 0.769. The van der Waals surface area contributed by atoms with Gasteiger partial charge in [-0.25, -0.2) is 0 Å². The molecule has 1 amide bonds. The molecule has 2 heterocycles. The minimum absolute atomic E-state index is 0.0763. The van der Waals surface area contributed by atoms with Crippen LogP contribution in [0.25, 0.3) is 0 Å². The lowest BCUT2D eigenvalue weighted by Crippen LogP contribution is -2.38. The van der Waals surface area contributed by atoms with Gasteiger partial charge in [0.15, 0.2) is 0 Å². The second-order valence-electron chi connectivity index (χ2n) is 2.49. The molecule has 2 aliphatic heterocycles. The largest absolute Gasteiger partial charge is 0.350 e. The fraction of sp³-hybridized carbons (Fsp3) is 0.500. The van der Waals surface area contributed by atoms with Gasteiger partial charge in [0.25, 0.3) is 0 Å². The standard InChI is InChI=1S/C6H9N3O/c10-6-3-9-4-7-1-5(9)2-8-6/h2,7H,1,3-4H2,(H,8,10). The smallest absolute Gasteiger partial charge is 0.243 e. The van der Waals surface area contributed by atoms with E-state index in [9.17, 15) is 4.79 Å². The Morgan fingerprint density at radius 2 is 2.50 bits per heavy atom. The Kier molecular flexibility index (Phi) is 1.14. The molecule has 0 saturated carbocycles. The first-order valence-electron chi connectivity index (χ1n) is 3.30. The third-order valence-electron chi connectivity index (χ3n) is 1.75. The molecule has 0 aromatic heterocycles. The highest BCUT2D eigenvalue weighted by molar-refractivity contribution is 5.80. The quantitative estimate of drug-likeness (QED) is 0.444. The van der Waals surface area contributed by atoms with Gasteiger partial charge in [0.1, 0.15) is 0 Å². The zero-order chi connectivity index (χ0) is 6.97. The highest BCUT2D eigenvalue weighted by atomic mass is 16.2. The molecule has 1 saturated heterocycles. The van der Waals surface area contributed by atoms with Gasteiger partial charge in [0.2, 0.25) is 5.91 Å². The van der Waals surface area contributed by atoms with E-state index >= 15 is 0 Å². The van der Waals surface area contributed by atoms with Crippen molar-refractivity contribution in [2.45, 2.75) is 0 Å². The zero-order valence-corrected chi connectivity index (χ0v) is 5.55. The lowest BCUT2D eigenvalue weighted by atomic mass is 10.3. The number of hydrogen-bond donors (Lipinski definition) is 2. The number of nitrogens with one attached hydrogen (secondary N) is 2. The van der Waals surface area contributed by atoms with Gasteiger partial charge in [-0.3, -0.25) is 10.1 Å². The van der Waals surface area contributed by atoms with Gasteiger partial charge >= 0.3 is 0 Å². The van der Waals surface area contributed by atoms with Crippen LogP contribution in [0.2, 0.25) is 0 Å². The van der Waals surface area contributed by atoms with E-state index in [0.29, 0.717) is 6.54 Å². The first-order valence-corrected chi connectivity index (χ1v) is 3.30. The molecule has 10 heavy (non-hydrogen) atoms. The summed E-state index contributed by atoms with van der Waals surface area (Å²) in [4.78, 5) is 12.8. The molecule has 0 aliphatic carbocycles. The predicted molar refractivity (Wildman–Crippen MR) is 35.8 cm³/mol. The summed E-state index contributed by atoms with van der Waals surface area (Å²) in [6, 6.07) is 0. The van der Waals surface area contributed by atoms with Crippen LogP contribution in [0.3, 0.4) is 0 Å². The summed E-state index contributed by atoms with van der Waals surface area (Å²) in [6.07, 6.45) is 1.77. The van der Waals surface area contributed by atoms with Gasteiger partial charge in [-0.1, -0.05) is 0 Å². The molecule has 0 unspecified atom stereocenters. The topological polar surface area (TPSA) is 44.4 Å². The van der Waals surface area contributed by atoms with Gasteiger partial charge in [-0.15, -0.1) is 0 Å². The highest BCUT2D eigenvalue weighted by Crippen LogP contribution is 2.09. The Balaban J connectivity index is 2.20. The molecule has 0 radical (unpaired) electrons. The zero-order valence-electron chi connectivity index (χ0n) is 5.55. The van der Waals surface area contributed by atoms with Crippen molar-refractivity contribution < 1.29 is 4.79 Å². The molecule has 2 rings (SSSR count). The minimum atomic E-state index is 0.0763. The average Bonchev–Trinajstić information content (AvgIpc) is 2.33. The van der Waals surface area contributed by atoms with E-state index in [0.717, 1.165) is 13.2 Å². The van der Waals surface area contributed by atoms with Gasteiger partial charge in [0.05, 0.1) is 13.2 Å². The van der Waals surface area contributed by atoms with E-state index in [-0.39, 0.29) is 5.91 Å². The van der Waals surface area contributed by atoms with Crippen LogP contribution in [0.4, 0.5) is 0 Å². The number of amides is 1. The summed E-state index contributed by atoms with van der Waals surface area (Å²) in [5.74, 6) is 0.0763. The maximum atomic E-state index is 10.8. The lowest BCUT2D eigenvalue weighted by molar-refractivity contribution is -0.121. The van der Waals surface area contributed by atoms with E-state index in [1.54, 1.807) is 6.20 Å². The lowest BCUT2D eigenvalue weighted by Gasteiger charge is -2.21. The second-order valence-corrected chi connectivity index (χ2v) is 2.49. The Hall–Kier alpha value is -1.03. The van der Waals surface area contributed by atoms with Crippen molar-refractivity contribution in [2.24, 2.45) is 0 Å². The van der Waals surface area contributed by atoms with Crippen LogP contribution in [-0.2, 0) is 4.79 Å². The Bertz CT molecular complexity index is 199. The maximum absolute atomic E-state index is 10.8. The number of rotatable bonds is 0. The van der Waals surface area contributed by atoms with Crippen molar-refractivity contribution in [1.29, 1.82) is 0 Å². The maximum Gasteiger partial charge on any atom is 0.243 e. The first kappa shape index (κ1) is 5.73. The summed E-state index contributed by atoms with van der Waals surface area (Å²) in [5, 5.41) is 5.82. The van der Waals surface area contributed by atoms with Crippen LogP contribution in [0.5, 0.6) is 0 Å². The fourth-order valence-electron chi connectivity index (χ4n) is 1.21.